The van der Waals surface area contributed by atoms with Crippen molar-refractivity contribution in [1.29, 1.82) is 0 Å². The first-order valence-electron chi connectivity index (χ1n) is 7.49. The fourth-order valence-corrected chi connectivity index (χ4v) is 2.35. The van der Waals surface area contributed by atoms with Gasteiger partial charge in [0.1, 0.15) is 12.4 Å². The minimum Gasteiger partial charge on any atom is -0.491 e. The van der Waals surface area contributed by atoms with E-state index in [0.717, 1.165) is 12.2 Å². The second-order valence-corrected chi connectivity index (χ2v) is 6.11. The number of nitrogens with two attached hydrogens (primary N) is 1. The second kappa shape index (κ2) is 6.92. The minimum atomic E-state index is -0.132. The average molecular weight is 287 g/mol. The number of fused-ring (bicyclic) bond motifs is 1. The van der Waals surface area contributed by atoms with Crippen LogP contribution in [0.15, 0.2) is 36.4 Å². The summed E-state index contributed by atoms with van der Waals surface area (Å²) in [5.74, 6) is 0.914. The van der Waals surface area contributed by atoms with E-state index in [2.05, 4.69) is 24.3 Å². The Labute approximate surface area is 127 Å². The van der Waals surface area contributed by atoms with Gasteiger partial charge in [-0.3, -0.25) is 0 Å². The summed E-state index contributed by atoms with van der Waals surface area (Å²) < 4.78 is 11.6. The summed E-state index contributed by atoms with van der Waals surface area (Å²) in [5.41, 5.74) is 6.81. The van der Waals surface area contributed by atoms with Crippen LogP contribution in [0.4, 0.5) is 0 Å². The van der Waals surface area contributed by atoms with E-state index in [-0.39, 0.29) is 5.60 Å². The van der Waals surface area contributed by atoms with Crippen molar-refractivity contribution >= 4 is 10.8 Å². The SMILES string of the molecule is CC(C)(C)OCCOc1ccc2ccccc2c1CCN. The van der Waals surface area contributed by atoms with E-state index < -0.39 is 0 Å². The van der Waals surface area contributed by atoms with Crippen LogP contribution in [0.2, 0.25) is 0 Å². The Morgan fingerprint density at radius 3 is 2.48 bits per heavy atom. The number of ether oxygens (including phenoxy) is 2. The minimum absolute atomic E-state index is 0.132. The van der Waals surface area contributed by atoms with Crippen LogP contribution < -0.4 is 10.5 Å². The summed E-state index contributed by atoms with van der Waals surface area (Å²) in [5, 5.41) is 2.44. The van der Waals surface area contributed by atoms with Crippen LogP contribution in [0.25, 0.3) is 10.8 Å². The summed E-state index contributed by atoms with van der Waals surface area (Å²) in [4.78, 5) is 0. The van der Waals surface area contributed by atoms with E-state index in [9.17, 15) is 0 Å². The standard InChI is InChI=1S/C18H25NO2/c1-18(2,3)21-13-12-20-17-9-8-14-6-4-5-7-15(14)16(17)10-11-19/h4-9H,10-13,19H2,1-3H3. The zero-order valence-corrected chi connectivity index (χ0v) is 13.2. The largest absolute Gasteiger partial charge is 0.491 e. The van der Waals surface area contributed by atoms with Crippen molar-refractivity contribution in [3.63, 3.8) is 0 Å². The van der Waals surface area contributed by atoms with E-state index in [4.69, 9.17) is 15.2 Å². The molecule has 0 aliphatic heterocycles. The molecule has 0 unspecified atom stereocenters. The molecule has 2 aromatic carbocycles. The molecule has 0 atom stereocenters. The molecule has 0 aliphatic carbocycles. The third-order valence-electron chi connectivity index (χ3n) is 3.27. The molecule has 0 bridgehead atoms. The van der Waals surface area contributed by atoms with Gasteiger partial charge in [0.15, 0.2) is 0 Å². The van der Waals surface area contributed by atoms with Gasteiger partial charge >= 0.3 is 0 Å². The summed E-state index contributed by atoms with van der Waals surface area (Å²) in [7, 11) is 0. The molecule has 0 amide bonds. The third-order valence-corrected chi connectivity index (χ3v) is 3.27. The zero-order valence-electron chi connectivity index (χ0n) is 13.2. The predicted octanol–water partition coefficient (Wildman–Crippen LogP) is 3.53. The molecular weight excluding hydrogens is 262 g/mol. The molecule has 0 aliphatic rings. The van der Waals surface area contributed by atoms with Gasteiger partial charge in [-0.2, -0.15) is 0 Å². The van der Waals surface area contributed by atoms with Crippen molar-refractivity contribution in [3.05, 3.63) is 42.0 Å². The van der Waals surface area contributed by atoms with Crippen molar-refractivity contribution in [2.75, 3.05) is 19.8 Å². The summed E-state index contributed by atoms with van der Waals surface area (Å²) in [6, 6.07) is 12.5. The molecule has 2 aromatic rings. The van der Waals surface area contributed by atoms with Gasteiger partial charge in [0.2, 0.25) is 0 Å². The molecule has 0 saturated heterocycles. The van der Waals surface area contributed by atoms with Gasteiger partial charge in [0.25, 0.3) is 0 Å². The highest BCUT2D eigenvalue weighted by atomic mass is 16.5. The molecule has 3 heteroatoms. The molecule has 2 rings (SSSR count). The lowest BCUT2D eigenvalue weighted by Gasteiger charge is -2.20. The maximum Gasteiger partial charge on any atom is 0.123 e. The lowest BCUT2D eigenvalue weighted by molar-refractivity contribution is -0.0163. The lowest BCUT2D eigenvalue weighted by Crippen LogP contribution is -2.22. The third kappa shape index (κ3) is 4.45. The molecule has 3 nitrogen and oxygen atoms in total. The molecule has 0 heterocycles. The maximum absolute atomic E-state index is 5.91. The molecule has 0 aromatic heterocycles. The maximum atomic E-state index is 5.91. The predicted molar refractivity (Wildman–Crippen MR) is 87.9 cm³/mol. The lowest BCUT2D eigenvalue weighted by atomic mass is 10.0. The Kier molecular flexibility index (Phi) is 5.21. The molecular formula is C18H25NO2. The number of hydrogen-bond donors (Lipinski definition) is 1. The van der Waals surface area contributed by atoms with Crippen LogP contribution in [0, 0.1) is 0 Å². The first-order valence-corrected chi connectivity index (χ1v) is 7.49. The Morgan fingerprint density at radius 1 is 1.00 bits per heavy atom. The Morgan fingerprint density at radius 2 is 1.76 bits per heavy atom. The Hall–Kier alpha value is -1.58. The Balaban J connectivity index is 2.13. The van der Waals surface area contributed by atoms with E-state index in [1.165, 1.54) is 16.3 Å². The number of benzene rings is 2. The van der Waals surface area contributed by atoms with Gasteiger partial charge in [-0.15, -0.1) is 0 Å². The smallest absolute Gasteiger partial charge is 0.123 e. The fourth-order valence-electron chi connectivity index (χ4n) is 2.35. The highest BCUT2D eigenvalue weighted by Gasteiger charge is 2.11. The van der Waals surface area contributed by atoms with Gasteiger partial charge in [0.05, 0.1) is 12.2 Å². The summed E-state index contributed by atoms with van der Waals surface area (Å²) in [6.07, 6.45) is 0.816. The zero-order chi connectivity index (χ0) is 15.3. The molecule has 21 heavy (non-hydrogen) atoms. The van der Waals surface area contributed by atoms with Gasteiger partial charge in [-0.1, -0.05) is 30.3 Å². The number of hydrogen-bond acceptors (Lipinski definition) is 3. The van der Waals surface area contributed by atoms with E-state index in [0.29, 0.717) is 19.8 Å². The van der Waals surface area contributed by atoms with Crippen molar-refractivity contribution in [3.8, 4) is 5.75 Å². The first kappa shape index (κ1) is 15.8. The fraction of sp³-hybridized carbons (Fsp3) is 0.444. The normalized spacial score (nSPS) is 11.8. The average Bonchev–Trinajstić information content (AvgIpc) is 2.44. The van der Waals surface area contributed by atoms with Crippen LogP contribution in [-0.2, 0) is 11.2 Å². The van der Waals surface area contributed by atoms with Gasteiger partial charge < -0.3 is 15.2 Å². The molecule has 2 N–H and O–H groups in total. The van der Waals surface area contributed by atoms with Crippen molar-refractivity contribution in [2.24, 2.45) is 5.73 Å². The van der Waals surface area contributed by atoms with Crippen LogP contribution in [0.1, 0.15) is 26.3 Å². The second-order valence-electron chi connectivity index (χ2n) is 6.11. The van der Waals surface area contributed by atoms with Crippen molar-refractivity contribution in [1.82, 2.24) is 0 Å². The van der Waals surface area contributed by atoms with E-state index in [1.54, 1.807) is 0 Å². The van der Waals surface area contributed by atoms with Gasteiger partial charge in [-0.25, -0.2) is 0 Å². The molecule has 0 fully saturated rings. The van der Waals surface area contributed by atoms with Crippen LogP contribution in [0.5, 0.6) is 5.75 Å². The highest BCUT2D eigenvalue weighted by molar-refractivity contribution is 5.87. The quantitative estimate of drug-likeness (QED) is 0.827. The van der Waals surface area contributed by atoms with Crippen molar-refractivity contribution < 1.29 is 9.47 Å². The highest BCUT2D eigenvalue weighted by Crippen LogP contribution is 2.28. The molecule has 114 valence electrons. The summed E-state index contributed by atoms with van der Waals surface area (Å²) >= 11 is 0. The van der Waals surface area contributed by atoms with Gasteiger partial charge in [0, 0.05) is 5.56 Å². The van der Waals surface area contributed by atoms with E-state index in [1.807, 2.05) is 32.9 Å². The molecule has 0 saturated carbocycles. The molecule has 0 spiro atoms. The topological polar surface area (TPSA) is 44.5 Å². The molecule has 0 radical (unpaired) electrons. The Bertz CT molecular complexity index is 587. The van der Waals surface area contributed by atoms with Crippen LogP contribution in [-0.4, -0.2) is 25.4 Å². The van der Waals surface area contributed by atoms with Crippen LogP contribution in [0.3, 0.4) is 0 Å². The van der Waals surface area contributed by atoms with Gasteiger partial charge in [-0.05, 0) is 50.6 Å². The van der Waals surface area contributed by atoms with E-state index >= 15 is 0 Å². The first-order chi connectivity index (χ1) is 10.0. The van der Waals surface area contributed by atoms with Crippen LogP contribution >= 0.6 is 0 Å². The number of rotatable bonds is 6. The monoisotopic (exact) mass is 287 g/mol. The summed E-state index contributed by atoms with van der Waals surface area (Å²) in [6.45, 7) is 7.88. The van der Waals surface area contributed by atoms with Crippen molar-refractivity contribution in [2.45, 2.75) is 32.8 Å².